The quantitative estimate of drug-likeness (QED) is 0.608. The summed E-state index contributed by atoms with van der Waals surface area (Å²) in [4.78, 5) is 12.6. The minimum atomic E-state index is -0.670. The first-order valence-corrected chi connectivity index (χ1v) is 5.59. The van der Waals surface area contributed by atoms with Crippen LogP contribution < -0.4 is 0 Å². The fraction of sp³-hybridized carbons (Fsp3) is 0.909. The zero-order valence-corrected chi connectivity index (χ0v) is 9.04. The van der Waals surface area contributed by atoms with Gasteiger partial charge in [-0.15, -0.1) is 0 Å². The van der Waals surface area contributed by atoms with Crippen LogP contribution in [0.25, 0.3) is 0 Å². The van der Waals surface area contributed by atoms with Gasteiger partial charge in [-0.25, -0.2) is 0 Å². The predicted octanol–water partition coefficient (Wildman–Crippen LogP) is 1.97. The average Bonchev–Trinajstić information content (AvgIpc) is 2.87. The van der Waals surface area contributed by atoms with Crippen LogP contribution in [0.15, 0.2) is 0 Å². The van der Waals surface area contributed by atoms with Crippen molar-refractivity contribution in [3.8, 4) is 0 Å². The molecule has 0 bridgehead atoms. The highest BCUT2D eigenvalue weighted by Gasteiger charge is 2.22. The number of carbonyl (C=O) groups is 1. The van der Waals surface area contributed by atoms with Crippen molar-refractivity contribution in [2.24, 2.45) is 5.92 Å². The van der Waals surface area contributed by atoms with Gasteiger partial charge in [-0.05, 0) is 45.2 Å². The minimum Gasteiger partial charge on any atom is -0.481 e. The summed E-state index contributed by atoms with van der Waals surface area (Å²) >= 11 is 0. The lowest BCUT2D eigenvalue weighted by Gasteiger charge is -2.15. The van der Waals surface area contributed by atoms with E-state index in [9.17, 15) is 4.79 Å². The van der Waals surface area contributed by atoms with Crippen molar-refractivity contribution in [3.05, 3.63) is 0 Å². The molecule has 0 aromatic rings. The summed E-state index contributed by atoms with van der Waals surface area (Å²) in [5.41, 5.74) is 0. The molecule has 0 amide bonds. The molecule has 0 unspecified atom stereocenters. The SMILES string of the molecule is CN(CCCCCC(=O)O)CC1CC1. The average molecular weight is 199 g/mol. The van der Waals surface area contributed by atoms with Gasteiger partial charge in [0.05, 0.1) is 0 Å². The van der Waals surface area contributed by atoms with Gasteiger partial charge in [0.2, 0.25) is 0 Å². The number of hydrogen-bond donors (Lipinski definition) is 1. The summed E-state index contributed by atoms with van der Waals surface area (Å²) in [7, 11) is 2.16. The van der Waals surface area contributed by atoms with E-state index in [-0.39, 0.29) is 0 Å². The van der Waals surface area contributed by atoms with Crippen LogP contribution in [0.1, 0.15) is 38.5 Å². The molecule has 1 saturated carbocycles. The summed E-state index contributed by atoms with van der Waals surface area (Å²) in [6.07, 6.45) is 6.14. The smallest absolute Gasteiger partial charge is 0.303 e. The molecule has 0 heterocycles. The van der Waals surface area contributed by atoms with Crippen LogP contribution in [0, 0.1) is 5.92 Å². The zero-order chi connectivity index (χ0) is 10.4. The molecular weight excluding hydrogens is 178 g/mol. The van der Waals surface area contributed by atoms with Gasteiger partial charge in [-0.3, -0.25) is 4.79 Å². The third-order valence-corrected chi connectivity index (χ3v) is 2.70. The van der Waals surface area contributed by atoms with Crippen LogP contribution in [0.4, 0.5) is 0 Å². The van der Waals surface area contributed by atoms with Gasteiger partial charge < -0.3 is 10.0 Å². The fourth-order valence-corrected chi connectivity index (χ4v) is 1.67. The lowest BCUT2D eigenvalue weighted by Crippen LogP contribution is -2.22. The Kier molecular flexibility index (Phi) is 4.94. The molecule has 1 aliphatic rings. The molecule has 0 saturated heterocycles. The Hall–Kier alpha value is -0.570. The summed E-state index contributed by atoms with van der Waals surface area (Å²) in [5, 5.41) is 8.44. The number of unbranched alkanes of at least 4 members (excludes halogenated alkanes) is 2. The van der Waals surface area contributed by atoms with Crippen molar-refractivity contribution in [2.75, 3.05) is 20.1 Å². The van der Waals surface area contributed by atoms with Crippen LogP contribution in [-0.4, -0.2) is 36.1 Å². The maximum absolute atomic E-state index is 10.2. The maximum Gasteiger partial charge on any atom is 0.303 e. The first kappa shape index (κ1) is 11.5. The lowest BCUT2D eigenvalue weighted by molar-refractivity contribution is -0.137. The molecule has 0 aliphatic heterocycles. The number of aliphatic carboxylic acids is 1. The minimum absolute atomic E-state index is 0.326. The van der Waals surface area contributed by atoms with Gasteiger partial charge >= 0.3 is 5.97 Å². The number of rotatable bonds is 8. The Morgan fingerprint density at radius 2 is 2.07 bits per heavy atom. The monoisotopic (exact) mass is 199 g/mol. The van der Waals surface area contributed by atoms with Crippen LogP contribution in [0.3, 0.4) is 0 Å². The molecule has 1 N–H and O–H groups in total. The van der Waals surface area contributed by atoms with E-state index in [1.807, 2.05) is 0 Å². The van der Waals surface area contributed by atoms with Gasteiger partial charge in [0.1, 0.15) is 0 Å². The highest BCUT2D eigenvalue weighted by Crippen LogP contribution is 2.29. The van der Waals surface area contributed by atoms with Crippen molar-refractivity contribution < 1.29 is 9.90 Å². The number of carboxylic acids is 1. The summed E-state index contributed by atoms with van der Waals surface area (Å²) in [6.45, 7) is 2.36. The Balaban J connectivity index is 1.84. The largest absolute Gasteiger partial charge is 0.481 e. The molecule has 0 spiro atoms. The molecule has 14 heavy (non-hydrogen) atoms. The predicted molar refractivity (Wildman–Crippen MR) is 56.3 cm³/mol. The van der Waals surface area contributed by atoms with E-state index in [1.165, 1.54) is 19.4 Å². The second-order valence-corrected chi connectivity index (χ2v) is 4.41. The topological polar surface area (TPSA) is 40.5 Å². The van der Waals surface area contributed by atoms with Crippen LogP contribution in [0.2, 0.25) is 0 Å². The first-order valence-electron chi connectivity index (χ1n) is 5.59. The van der Waals surface area contributed by atoms with Crippen molar-refractivity contribution in [1.29, 1.82) is 0 Å². The van der Waals surface area contributed by atoms with E-state index < -0.39 is 5.97 Å². The van der Waals surface area contributed by atoms with E-state index in [1.54, 1.807) is 0 Å². The number of nitrogens with zero attached hydrogens (tertiary/aromatic N) is 1. The Morgan fingerprint density at radius 1 is 1.36 bits per heavy atom. The van der Waals surface area contributed by atoms with E-state index in [0.29, 0.717) is 6.42 Å². The molecule has 0 aromatic carbocycles. The van der Waals surface area contributed by atoms with Crippen molar-refractivity contribution in [1.82, 2.24) is 4.90 Å². The Morgan fingerprint density at radius 3 is 2.64 bits per heavy atom. The van der Waals surface area contributed by atoms with Crippen LogP contribution in [-0.2, 0) is 4.79 Å². The molecule has 3 nitrogen and oxygen atoms in total. The van der Waals surface area contributed by atoms with E-state index in [4.69, 9.17) is 5.11 Å². The molecule has 1 fully saturated rings. The van der Waals surface area contributed by atoms with E-state index >= 15 is 0 Å². The third kappa shape index (κ3) is 5.97. The van der Waals surface area contributed by atoms with Gasteiger partial charge in [0.15, 0.2) is 0 Å². The van der Waals surface area contributed by atoms with Gasteiger partial charge in [0, 0.05) is 13.0 Å². The molecule has 1 aliphatic carbocycles. The van der Waals surface area contributed by atoms with Crippen molar-refractivity contribution >= 4 is 5.97 Å². The highest BCUT2D eigenvalue weighted by molar-refractivity contribution is 5.66. The number of hydrogen-bond acceptors (Lipinski definition) is 2. The second kappa shape index (κ2) is 6.02. The normalized spacial score (nSPS) is 16.1. The summed E-state index contributed by atoms with van der Waals surface area (Å²) < 4.78 is 0. The highest BCUT2D eigenvalue weighted by atomic mass is 16.4. The van der Waals surface area contributed by atoms with Crippen LogP contribution >= 0.6 is 0 Å². The molecule has 0 aromatic heterocycles. The van der Waals surface area contributed by atoms with E-state index in [0.717, 1.165) is 31.7 Å². The summed E-state index contributed by atoms with van der Waals surface area (Å²) in [5.74, 6) is 0.287. The van der Waals surface area contributed by atoms with Crippen LogP contribution in [0.5, 0.6) is 0 Å². The van der Waals surface area contributed by atoms with Crippen molar-refractivity contribution in [2.45, 2.75) is 38.5 Å². The zero-order valence-electron chi connectivity index (χ0n) is 9.04. The lowest BCUT2D eigenvalue weighted by atomic mass is 10.2. The van der Waals surface area contributed by atoms with Gasteiger partial charge in [-0.2, -0.15) is 0 Å². The third-order valence-electron chi connectivity index (χ3n) is 2.70. The fourth-order valence-electron chi connectivity index (χ4n) is 1.67. The molecular formula is C11H21NO2. The standard InChI is InChI=1S/C11H21NO2/c1-12(9-10-6-7-10)8-4-2-3-5-11(13)14/h10H,2-9H2,1H3,(H,13,14). The second-order valence-electron chi connectivity index (χ2n) is 4.41. The molecule has 0 radical (unpaired) electrons. The molecule has 3 heteroatoms. The van der Waals surface area contributed by atoms with E-state index in [2.05, 4.69) is 11.9 Å². The molecule has 0 atom stereocenters. The first-order chi connectivity index (χ1) is 6.68. The Labute approximate surface area is 86.1 Å². The maximum atomic E-state index is 10.2. The molecule has 1 rings (SSSR count). The van der Waals surface area contributed by atoms with Crippen molar-refractivity contribution in [3.63, 3.8) is 0 Å². The number of carboxylic acid groups (broad SMARTS) is 1. The molecule has 82 valence electrons. The summed E-state index contributed by atoms with van der Waals surface area (Å²) in [6, 6.07) is 0. The van der Waals surface area contributed by atoms with Gasteiger partial charge in [0.25, 0.3) is 0 Å². The van der Waals surface area contributed by atoms with Gasteiger partial charge in [-0.1, -0.05) is 6.42 Å². The Bertz CT molecular complexity index is 178.